The van der Waals surface area contributed by atoms with Crippen LogP contribution in [0, 0.1) is 0 Å². The molecule has 1 saturated carbocycles. The second kappa shape index (κ2) is 4.08. The zero-order chi connectivity index (χ0) is 11.1. The van der Waals surface area contributed by atoms with Crippen molar-refractivity contribution in [3.05, 3.63) is 28.1 Å². The fraction of sp³-hybridized carbons (Fsp3) is 0.417. The number of hydrogen-bond donors (Lipinski definition) is 0. The monoisotopic (exact) mass is 297 g/mol. The van der Waals surface area contributed by atoms with E-state index in [4.69, 9.17) is 4.42 Å². The molecule has 2 nitrogen and oxygen atoms in total. The van der Waals surface area contributed by atoms with Crippen LogP contribution < -0.4 is 0 Å². The molecule has 0 radical (unpaired) electrons. The van der Waals surface area contributed by atoms with Crippen LogP contribution in [-0.4, -0.2) is 11.2 Å². The Hall–Kier alpha value is -0.480. The Morgan fingerprint density at radius 3 is 3.00 bits per heavy atom. The van der Waals surface area contributed by atoms with Crippen molar-refractivity contribution < 1.29 is 4.42 Å². The number of aromatic nitrogens is 1. The van der Waals surface area contributed by atoms with E-state index in [0.717, 1.165) is 27.2 Å². The first-order valence-electron chi connectivity index (χ1n) is 5.35. The van der Waals surface area contributed by atoms with Gasteiger partial charge in [-0.15, -0.1) is 0 Å². The lowest BCUT2D eigenvalue weighted by atomic mass is 10.2. The van der Waals surface area contributed by atoms with E-state index >= 15 is 0 Å². The average Bonchev–Trinajstić information content (AvgIpc) is 3.00. The molecule has 4 heteroatoms. The Kier molecular flexibility index (Phi) is 2.72. The summed E-state index contributed by atoms with van der Waals surface area (Å²) in [5.74, 6) is 2.50. The van der Waals surface area contributed by atoms with E-state index in [0.29, 0.717) is 5.92 Å². The van der Waals surface area contributed by atoms with Gasteiger partial charge in [-0.25, -0.2) is 4.98 Å². The van der Waals surface area contributed by atoms with Crippen molar-refractivity contribution in [1.82, 2.24) is 4.98 Å². The Morgan fingerprint density at radius 1 is 1.50 bits per heavy atom. The zero-order valence-corrected chi connectivity index (χ0v) is 11.4. The summed E-state index contributed by atoms with van der Waals surface area (Å²) in [6.45, 7) is 0. The molecule has 0 aliphatic heterocycles. The van der Waals surface area contributed by atoms with E-state index < -0.39 is 0 Å². The molecule has 1 aromatic carbocycles. The molecule has 0 atom stereocenters. The summed E-state index contributed by atoms with van der Waals surface area (Å²) in [6, 6.07) is 4.26. The molecule has 1 heterocycles. The van der Waals surface area contributed by atoms with Gasteiger partial charge in [0.15, 0.2) is 11.5 Å². The fourth-order valence-corrected chi connectivity index (χ4v) is 2.90. The Morgan fingerprint density at radius 2 is 2.31 bits per heavy atom. The number of rotatable bonds is 3. The second-order valence-electron chi connectivity index (χ2n) is 4.19. The van der Waals surface area contributed by atoms with E-state index in [2.05, 4.69) is 39.3 Å². The van der Waals surface area contributed by atoms with Gasteiger partial charge in [0.2, 0.25) is 0 Å². The van der Waals surface area contributed by atoms with Crippen molar-refractivity contribution in [1.29, 1.82) is 0 Å². The summed E-state index contributed by atoms with van der Waals surface area (Å²) in [5.41, 5.74) is 3.18. The molecule has 0 bridgehead atoms. The summed E-state index contributed by atoms with van der Waals surface area (Å²) in [7, 11) is 0. The first-order valence-corrected chi connectivity index (χ1v) is 7.54. The maximum atomic E-state index is 5.79. The lowest BCUT2D eigenvalue weighted by molar-refractivity contribution is 0.532. The minimum absolute atomic E-state index is 0.573. The number of halogens is 1. The summed E-state index contributed by atoms with van der Waals surface area (Å²) in [4.78, 5) is 4.57. The SMILES string of the molecule is CSCc1cc(Br)c2oc(C3CC3)nc2c1. The Bertz CT molecular complexity index is 533. The molecule has 2 aromatic rings. The smallest absolute Gasteiger partial charge is 0.198 e. The van der Waals surface area contributed by atoms with Gasteiger partial charge in [-0.3, -0.25) is 0 Å². The van der Waals surface area contributed by atoms with Gasteiger partial charge in [0.25, 0.3) is 0 Å². The number of nitrogens with zero attached hydrogens (tertiary/aromatic N) is 1. The molecular formula is C12H12BrNOS. The molecule has 0 saturated heterocycles. The maximum absolute atomic E-state index is 5.79. The summed E-state index contributed by atoms with van der Waals surface area (Å²) < 4.78 is 6.81. The molecule has 84 valence electrons. The van der Waals surface area contributed by atoms with Gasteiger partial charge in [0.05, 0.1) is 4.47 Å². The number of fused-ring (bicyclic) bond motifs is 1. The molecule has 1 aliphatic carbocycles. The number of hydrogen-bond acceptors (Lipinski definition) is 3. The summed E-state index contributed by atoms with van der Waals surface area (Å²) >= 11 is 5.38. The highest BCUT2D eigenvalue weighted by Crippen LogP contribution is 2.41. The molecule has 1 aromatic heterocycles. The van der Waals surface area contributed by atoms with Gasteiger partial charge in [-0.2, -0.15) is 11.8 Å². The van der Waals surface area contributed by atoms with Crippen LogP contribution in [0.25, 0.3) is 11.1 Å². The predicted molar refractivity (Wildman–Crippen MR) is 70.9 cm³/mol. The van der Waals surface area contributed by atoms with E-state index in [9.17, 15) is 0 Å². The first-order chi connectivity index (χ1) is 7.78. The molecule has 16 heavy (non-hydrogen) atoms. The largest absolute Gasteiger partial charge is 0.439 e. The lowest BCUT2D eigenvalue weighted by Crippen LogP contribution is -1.81. The van der Waals surface area contributed by atoms with E-state index in [1.54, 1.807) is 0 Å². The number of thioether (sulfide) groups is 1. The number of benzene rings is 1. The van der Waals surface area contributed by atoms with Crippen molar-refractivity contribution in [2.75, 3.05) is 6.26 Å². The molecule has 1 aliphatic rings. The van der Waals surface area contributed by atoms with Crippen molar-refractivity contribution in [3.63, 3.8) is 0 Å². The van der Waals surface area contributed by atoms with Crippen LogP contribution >= 0.6 is 27.7 Å². The summed E-state index contributed by atoms with van der Waals surface area (Å²) in [5, 5.41) is 0. The van der Waals surface area contributed by atoms with Crippen LogP contribution in [0.3, 0.4) is 0 Å². The zero-order valence-electron chi connectivity index (χ0n) is 9.00. The van der Waals surface area contributed by atoms with Gasteiger partial charge in [0, 0.05) is 11.7 Å². The van der Waals surface area contributed by atoms with Crippen LogP contribution in [0.15, 0.2) is 21.0 Å². The Balaban J connectivity index is 2.10. The quantitative estimate of drug-likeness (QED) is 0.843. The topological polar surface area (TPSA) is 26.0 Å². The molecular weight excluding hydrogens is 286 g/mol. The van der Waals surface area contributed by atoms with Crippen LogP contribution in [0.1, 0.15) is 30.2 Å². The molecule has 0 amide bonds. The van der Waals surface area contributed by atoms with E-state index in [1.165, 1.54) is 18.4 Å². The molecule has 0 N–H and O–H groups in total. The normalized spacial score (nSPS) is 15.9. The van der Waals surface area contributed by atoms with Gasteiger partial charge in [-0.1, -0.05) is 0 Å². The van der Waals surface area contributed by atoms with Crippen molar-refractivity contribution >= 4 is 38.8 Å². The van der Waals surface area contributed by atoms with Gasteiger partial charge >= 0.3 is 0 Å². The highest BCUT2D eigenvalue weighted by Gasteiger charge is 2.29. The van der Waals surface area contributed by atoms with Crippen LogP contribution in [-0.2, 0) is 5.75 Å². The van der Waals surface area contributed by atoms with Crippen LogP contribution in [0.4, 0.5) is 0 Å². The predicted octanol–water partition coefficient (Wildman–Crippen LogP) is 4.33. The van der Waals surface area contributed by atoms with Gasteiger partial charge < -0.3 is 4.42 Å². The number of oxazole rings is 1. The molecule has 3 rings (SSSR count). The third-order valence-electron chi connectivity index (χ3n) is 2.76. The highest BCUT2D eigenvalue weighted by molar-refractivity contribution is 9.10. The second-order valence-corrected chi connectivity index (χ2v) is 5.91. The van der Waals surface area contributed by atoms with Crippen molar-refractivity contribution in [2.45, 2.75) is 24.5 Å². The highest BCUT2D eigenvalue weighted by atomic mass is 79.9. The molecule has 0 unspecified atom stereocenters. The fourth-order valence-electron chi connectivity index (χ4n) is 1.82. The third-order valence-corrected chi connectivity index (χ3v) is 3.97. The maximum Gasteiger partial charge on any atom is 0.198 e. The molecule has 1 fully saturated rings. The minimum atomic E-state index is 0.573. The average molecular weight is 298 g/mol. The first kappa shape index (κ1) is 10.7. The van der Waals surface area contributed by atoms with Crippen molar-refractivity contribution in [2.24, 2.45) is 0 Å². The van der Waals surface area contributed by atoms with Crippen LogP contribution in [0.5, 0.6) is 0 Å². The van der Waals surface area contributed by atoms with Crippen molar-refractivity contribution in [3.8, 4) is 0 Å². The lowest BCUT2D eigenvalue weighted by Gasteiger charge is -1.98. The van der Waals surface area contributed by atoms with E-state index in [1.807, 2.05) is 11.8 Å². The van der Waals surface area contributed by atoms with E-state index in [-0.39, 0.29) is 0 Å². The molecule has 0 spiro atoms. The van der Waals surface area contributed by atoms with Crippen LogP contribution in [0.2, 0.25) is 0 Å². The third kappa shape index (κ3) is 1.89. The Labute approximate surface area is 107 Å². The standard InChI is InChI=1S/C12H12BrNOS/c1-16-6-7-4-9(13)11-10(5-7)14-12(15-11)8-2-3-8/h4-5,8H,2-3,6H2,1H3. The van der Waals surface area contributed by atoms with Gasteiger partial charge in [-0.05, 0) is 52.7 Å². The minimum Gasteiger partial charge on any atom is -0.439 e. The summed E-state index contributed by atoms with van der Waals surface area (Å²) in [6.07, 6.45) is 4.56. The van der Waals surface area contributed by atoms with Gasteiger partial charge in [0.1, 0.15) is 5.52 Å².